The van der Waals surface area contributed by atoms with Crippen molar-refractivity contribution in [1.82, 2.24) is 14.9 Å². The molecule has 0 aromatic carbocycles. The Morgan fingerprint density at radius 2 is 2.17 bits per heavy atom. The highest BCUT2D eigenvalue weighted by molar-refractivity contribution is 6.30. The lowest BCUT2D eigenvalue weighted by atomic mass is 10.1. The molecule has 0 saturated carbocycles. The molecular weight excluding hydrogens is 318 g/mol. The second-order valence-corrected chi connectivity index (χ2v) is 5.79. The molecule has 1 atom stereocenters. The zero-order chi connectivity index (χ0) is 16.2. The number of H-pyrrole nitrogens is 1. The van der Waals surface area contributed by atoms with Crippen molar-refractivity contribution in [3.8, 4) is 5.75 Å². The molecule has 1 aliphatic rings. The number of ether oxygens (including phenoxy) is 1. The van der Waals surface area contributed by atoms with Gasteiger partial charge in [-0.15, -0.1) is 0 Å². The van der Waals surface area contributed by atoms with Crippen LogP contribution in [0, 0.1) is 0 Å². The van der Waals surface area contributed by atoms with E-state index < -0.39 is 5.56 Å². The smallest absolute Gasteiger partial charge is 0.266 e. The van der Waals surface area contributed by atoms with Gasteiger partial charge in [-0.2, -0.15) is 0 Å². The molecule has 1 unspecified atom stereocenters. The van der Waals surface area contributed by atoms with Gasteiger partial charge in [0.2, 0.25) is 0 Å². The molecule has 1 amide bonds. The Morgan fingerprint density at radius 1 is 1.39 bits per heavy atom. The molecule has 7 heteroatoms. The molecule has 120 valence electrons. The van der Waals surface area contributed by atoms with Crippen LogP contribution >= 0.6 is 11.6 Å². The first-order valence-electron chi connectivity index (χ1n) is 7.37. The highest BCUT2D eigenvalue weighted by atomic mass is 35.5. The summed E-state index contributed by atoms with van der Waals surface area (Å²) in [4.78, 5) is 32.0. The Bertz CT molecular complexity index is 748. The van der Waals surface area contributed by atoms with Gasteiger partial charge in [0.15, 0.2) is 0 Å². The Labute approximate surface area is 138 Å². The van der Waals surface area contributed by atoms with Gasteiger partial charge in [-0.05, 0) is 31.0 Å². The first kappa shape index (κ1) is 15.6. The molecule has 2 aromatic heterocycles. The summed E-state index contributed by atoms with van der Waals surface area (Å²) in [6.07, 6.45) is 6.42. The maximum atomic E-state index is 12.5. The largest absolute Gasteiger partial charge is 0.488 e. The highest BCUT2D eigenvalue weighted by Gasteiger charge is 2.26. The summed E-state index contributed by atoms with van der Waals surface area (Å²) in [6.45, 7) is 1.16. The SMILES string of the molecule is O=C(c1c[nH]c(=O)c(Cl)c1)N1CCCC(Oc2ccncc2)C1. The van der Waals surface area contributed by atoms with Gasteiger partial charge in [-0.1, -0.05) is 11.6 Å². The molecule has 0 radical (unpaired) electrons. The van der Waals surface area contributed by atoms with Crippen LogP contribution in [-0.2, 0) is 0 Å². The third kappa shape index (κ3) is 3.71. The zero-order valence-electron chi connectivity index (χ0n) is 12.4. The van der Waals surface area contributed by atoms with E-state index in [1.165, 1.54) is 12.3 Å². The van der Waals surface area contributed by atoms with E-state index in [2.05, 4.69) is 9.97 Å². The minimum absolute atomic E-state index is 0.0115. The number of hydrogen-bond acceptors (Lipinski definition) is 4. The molecule has 1 N–H and O–H groups in total. The second-order valence-electron chi connectivity index (χ2n) is 5.38. The first-order valence-corrected chi connectivity index (χ1v) is 7.75. The van der Waals surface area contributed by atoms with E-state index in [0.717, 1.165) is 18.6 Å². The van der Waals surface area contributed by atoms with Crippen molar-refractivity contribution < 1.29 is 9.53 Å². The summed E-state index contributed by atoms with van der Waals surface area (Å²) < 4.78 is 5.90. The Morgan fingerprint density at radius 3 is 2.91 bits per heavy atom. The number of hydrogen-bond donors (Lipinski definition) is 1. The van der Waals surface area contributed by atoms with Gasteiger partial charge in [-0.25, -0.2) is 0 Å². The van der Waals surface area contributed by atoms with E-state index in [1.807, 2.05) is 0 Å². The molecule has 23 heavy (non-hydrogen) atoms. The van der Waals surface area contributed by atoms with E-state index in [1.54, 1.807) is 29.4 Å². The van der Waals surface area contributed by atoms with E-state index >= 15 is 0 Å². The van der Waals surface area contributed by atoms with Crippen LogP contribution in [0.2, 0.25) is 5.02 Å². The summed E-state index contributed by atoms with van der Waals surface area (Å²) in [5, 5.41) is 0.0115. The van der Waals surface area contributed by atoms with Crippen LogP contribution in [0.5, 0.6) is 5.75 Å². The lowest BCUT2D eigenvalue weighted by Gasteiger charge is -2.33. The molecule has 3 rings (SSSR count). The number of aromatic nitrogens is 2. The maximum Gasteiger partial charge on any atom is 0.266 e. The Hall–Kier alpha value is -2.34. The van der Waals surface area contributed by atoms with E-state index in [9.17, 15) is 9.59 Å². The fraction of sp³-hybridized carbons (Fsp3) is 0.312. The van der Waals surface area contributed by atoms with E-state index in [0.29, 0.717) is 18.7 Å². The number of rotatable bonds is 3. The van der Waals surface area contributed by atoms with Gasteiger partial charge in [0.05, 0.1) is 12.1 Å². The summed E-state index contributed by atoms with van der Waals surface area (Å²) in [7, 11) is 0. The Balaban J connectivity index is 1.69. The van der Waals surface area contributed by atoms with Crippen LogP contribution in [0.1, 0.15) is 23.2 Å². The zero-order valence-corrected chi connectivity index (χ0v) is 13.1. The number of nitrogens with zero attached hydrogens (tertiary/aromatic N) is 2. The molecule has 1 fully saturated rings. The lowest BCUT2D eigenvalue weighted by Crippen LogP contribution is -2.44. The lowest BCUT2D eigenvalue weighted by molar-refractivity contribution is 0.0537. The number of halogens is 1. The first-order chi connectivity index (χ1) is 11.1. The second kappa shape index (κ2) is 6.83. The van der Waals surface area contributed by atoms with Crippen molar-refractivity contribution in [1.29, 1.82) is 0 Å². The van der Waals surface area contributed by atoms with Gasteiger partial charge in [-0.3, -0.25) is 14.6 Å². The summed E-state index contributed by atoms with van der Waals surface area (Å²) in [5.74, 6) is 0.581. The van der Waals surface area contributed by atoms with Crippen molar-refractivity contribution in [2.75, 3.05) is 13.1 Å². The van der Waals surface area contributed by atoms with Crippen molar-refractivity contribution in [3.05, 3.63) is 57.7 Å². The molecule has 1 saturated heterocycles. The van der Waals surface area contributed by atoms with Gasteiger partial charge in [0.1, 0.15) is 16.9 Å². The number of carbonyl (C=O) groups is 1. The average Bonchev–Trinajstić information content (AvgIpc) is 2.58. The van der Waals surface area contributed by atoms with Crippen LogP contribution in [0.15, 0.2) is 41.6 Å². The molecule has 0 bridgehead atoms. The molecule has 0 aliphatic carbocycles. The molecule has 6 nitrogen and oxygen atoms in total. The fourth-order valence-electron chi connectivity index (χ4n) is 2.59. The number of nitrogens with one attached hydrogen (secondary N) is 1. The van der Waals surface area contributed by atoms with Crippen molar-refractivity contribution >= 4 is 17.5 Å². The summed E-state index contributed by atoms with van der Waals surface area (Å²) >= 11 is 5.79. The van der Waals surface area contributed by atoms with Crippen molar-refractivity contribution in [2.24, 2.45) is 0 Å². The number of likely N-dealkylation sites (tertiary alicyclic amines) is 1. The van der Waals surface area contributed by atoms with Gasteiger partial charge >= 0.3 is 0 Å². The summed E-state index contributed by atoms with van der Waals surface area (Å²) in [6, 6.07) is 4.99. The molecule has 2 aromatic rings. The Kier molecular flexibility index (Phi) is 4.62. The van der Waals surface area contributed by atoms with Gasteiger partial charge in [0.25, 0.3) is 11.5 Å². The summed E-state index contributed by atoms with van der Waals surface area (Å²) in [5.41, 5.74) is -0.0279. The predicted molar refractivity (Wildman–Crippen MR) is 85.9 cm³/mol. The number of carbonyl (C=O) groups excluding carboxylic acids is 1. The number of pyridine rings is 2. The van der Waals surface area contributed by atoms with Crippen molar-refractivity contribution in [2.45, 2.75) is 18.9 Å². The average molecular weight is 334 g/mol. The highest BCUT2D eigenvalue weighted by Crippen LogP contribution is 2.19. The standard InChI is InChI=1S/C16H16ClN3O3/c17-14-8-11(9-19-15(14)21)16(22)20-7-1-2-13(10-20)23-12-3-5-18-6-4-12/h3-6,8-9,13H,1-2,7,10H2,(H,19,21). The minimum atomic E-state index is -0.402. The minimum Gasteiger partial charge on any atom is -0.488 e. The number of piperidine rings is 1. The van der Waals surface area contributed by atoms with E-state index in [4.69, 9.17) is 16.3 Å². The fourth-order valence-corrected chi connectivity index (χ4v) is 2.76. The molecule has 1 aliphatic heterocycles. The van der Waals surface area contributed by atoms with Crippen LogP contribution in [0.4, 0.5) is 0 Å². The molecule has 0 spiro atoms. The van der Waals surface area contributed by atoms with E-state index in [-0.39, 0.29) is 17.0 Å². The van der Waals surface area contributed by atoms with Gasteiger partial charge < -0.3 is 14.6 Å². The van der Waals surface area contributed by atoms with Crippen molar-refractivity contribution in [3.63, 3.8) is 0 Å². The topological polar surface area (TPSA) is 75.3 Å². The third-order valence-electron chi connectivity index (χ3n) is 3.72. The molecular formula is C16H16ClN3O3. The van der Waals surface area contributed by atoms with Crippen LogP contribution < -0.4 is 10.3 Å². The predicted octanol–water partition coefficient (Wildman–Crippen LogP) is 2.11. The quantitative estimate of drug-likeness (QED) is 0.933. The van der Waals surface area contributed by atoms with Gasteiger partial charge in [0, 0.05) is 25.1 Å². The van der Waals surface area contributed by atoms with Crippen LogP contribution in [0.3, 0.4) is 0 Å². The van der Waals surface area contributed by atoms with Crippen LogP contribution in [-0.4, -0.2) is 40.0 Å². The maximum absolute atomic E-state index is 12.5. The monoisotopic (exact) mass is 333 g/mol. The third-order valence-corrected chi connectivity index (χ3v) is 4.00. The normalized spacial score (nSPS) is 17.8. The van der Waals surface area contributed by atoms with Crippen LogP contribution in [0.25, 0.3) is 0 Å². The number of aromatic amines is 1. The number of amides is 1. The molecule has 3 heterocycles.